The van der Waals surface area contributed by atoms with Crippen molar-refractivity contribution in [3.63, 3.8) is 0 Å². The quantitative estimate of drug-likeness (QED) is 0.0968. The number of methoxy groups -OCH3 is 2. The Morgan fingerprint density at radius 2 is 1.33 bits per heavy atom. The van der Waals surface area contributed by atoms with E-state index in [0.717, 1.165) is 16.8 Å². The minimum absolute atomic E-state index is 0.0187. The summed E-state index contributed by atoms with van der Waals surface area (Å²) in [4.78, 5) is 13.8. The standard InChI is InChI=1S/C39H40ClNO6Si/c1-8-15-27-34(40)32-33(38(44)41(27)5)35(43)31-26(37(32)46-7)21-20-25-30(31)28(42)22-29(36(25)45-6)47-48(39(2,3)4,23-16-11-9-12-17-23)24-18-13-10-14-19-24/h9-14,16-22,42-43H,8,15H2,1-7H3. The maximum atomic E-state index is 13.8. The molecule has 2 N–H and O–H groups in total. The number of ether oxygens (including phenoxy) is 2. The molecule has 9 heteroatoms. The normalized spacial score (nSPS) is 12.2. The highest BCUT2D eigenvalue weighted by atomic mass is 35.5. The molecule has 0 aliphatic heterocycles. The van der Waals surface area contributed by atoms with Crippen LogP contribution in [0.2, 0.25) is 10.1 Å². The zero-order valence-corrected chi connectivity index (χ0v) is 30.0. The molecule has 1 heterocycles. The molecule has 0 fully saturated rings. The van der Waals surface area contributed by atoms with Gasteiger partial charge in [0, 0.05) is 40.4 Å². The van der Waals surface area contributed by atoms with Gasteiger partial charge in [0.25, 0.3) is 5.56 Å². The molecule has 0 spiro atoms. The highest BCUT2D eigenvalue weighted by Crippen LogP contribution is 2.52. The van der Waals surface area contributed by atoms with Gasteiger partial charge < -0.3 is 28.7 Å². The average molecular weight is 682 g/mol. The van der Waals surface area contributed by atoms with Gasteiger partial charge in [-0.15, -0.1) is 0 Å². The summed E-state index contributed by atoms with van der Waals surface area (Å²) >= 11 is 6.94. The summed E-state index contributed by atoms with van der Waals surface area (Å²) in [6.45, 7) is 8.53. The van der Waals surface area contributed by atoms with E-state index in [0.29, 0.717) is 55.9 Å². The molecule has 1 aromatic heterocycles. The summed E-state index contributed by atoms with van der Waals surface area (Å²) in [5.74, 6) is 0.652. The molecule has 48 heavy (non-hydrogen) atoms. The first-order valence-electron chi connectivity index (χ1n) is 16.0. The number of rotatable bonds is 8. The van der Waals surface area contributed by atoms with Crippen LogP contribution in [-0.4, -0.2) is 37.3 Å². The summed E-state index contributed by atoms with van der Waals surface area (Å²) < 4.78 is 20.7. The van der Waals surface area contributed by atoms with Crippen LogP contribution in [0.4, 0.5) is 0 Å². The maximum Gasteiger partial charge on any atom is 0.320 e. The number of fused-ring (bicyclic) bond motifs is 4. The lowest BCUT2D eigenvalue weighted by Crippen LogP contribution is -2.68. The van der Waals surface area contributed by atoms with Crippen molar-refractivity contribution in [2.24, 2.45) is 7.05 Å². The average Bonchev–Trinajstić information content (AvgIpc) is 3.08. The van der Waals surface area contributed by atoms with E-state index in [2.05, 4.69) is 45.0 Å². The summed E-state index contributed by atoms with van der Waals surface area (Å²) in [7, 11) is 1.59. The third-order valence-corrected chi connectivity index (χ3v) is 14.7. The van der Waals surface area contributed by atoms with E-state index in [9.17, 15) is 15.0 Å². The number of pyridine rings is 1. The molecule has 0 bridgehead atoms. The van der Waals surface area contributed by atoms with E-state index in [1.165, 1.54) is 11.7 Å². The highest BCUT2D eigenvalue weighted by molar-refractivity contribution is 7.00. The number of hydrogen-bond donors (Lipinski definition) is 2. The Balaban J connectivity index is 1.72. The van der Waals surface area contributed by atoms with Crippen LogP contribution in [0.15, 0.2) is 83.7 Å². The first-order valence-corrected chi connectivity index (χ1v) is 18.3. The number of hydrogen-bond acceptors (Lipinski definition) is 6. The van der Waals surface area contributed by atoms with Crippen LogP contribution in [0.5, 0.6) is 28.7 Å². The molecule has 0 saturated carbocycles. The van der Waals surface area contributed by atoms with Crippen LogP contribution in [0.25, 0.3) is 32.3 Å². The fraction of sp³-hybridized carbons (Fsp3) is 0.256. The molecule has 0 radical (unpaired) electrons. The summed E-state index contributed by atoms with van der Waals surface area (Å²) in [6, 6.07) is 25.5. The van der Waals surface area contributed by atoms with Crippen molar-refractivity contribution in [1.29, 1.82) is 0 Å². The minimum atomic E-state index is -3.12. The molecule has 248 valence electrons. The lowest BCUT2D eigenvalue weighted by molar-refractivity contribution is 0.390. The Morgan fingerprint density at radius 1 is 0.792 bits per heavy atom. The number of benzene rings is 5. The van der Waals surface area contributed by atoms with E-state index < -0.39 is 13.9 Å². The zero-order valence-electron chi connectivity index (χ0n) is 28.3. The molecule has 0 aliphatic carbocycles. The number of aromatic nitrogens is 1. The first kappa shape index (κ1) is 33.2. The number of aromatic hydroxyl groups is 2. The van der Waals surface area contributed by atoms with Crippen molar-refractivity contribution in [3.05, 3.63) is 99.9 Å². The van der Waals surface area contributed by atoms with Gasteiger partial charge >= 0.3 is 8.32 Å². The molecule has 0 saturated heterocycles. The Morgan fingerprint density at radius 3 is 1.83 bits per heavy atom. The van der Waals surface area contributed by atoms with Gasteiger partial charge in [-0.05, 0) is 34.0 Å². The Labute approximate surface area is 286 Å². The number of phenols is 2. The Bertz CT molecular complexity index is 2210. The second-order valence-corrected chi connectivity index (χ2v) is 17.7. The maximum absolute atomic E-state index is 13.8. The molecular formula is C39H40ClNO6Si. The smallest absolute Gasteiger partial charge is 0.320 e. The monoisotopic (exact) mass is 681 g/mol. The second kappa shape index (κ2) is 12.4. The van der Waals surface area contributed by atoms with Crippen molar-refractivity contribution in [2.75, 3.05) is 14.2 Å². The fourth-order valence-electron chi connectivity index (χ4n) is 7.21. The minimum Gasteiger partial charge on any atom is -0.531 e. The third-order valence-electron chi connectivity index (χ3n) is 9.36. The second-order valence-electron chi connectivity index (χ2n) is 13.1. The molecule has 7 nitrogen and oxygen atoms in total. The SMILES string of the molecule is CCCc1c(Cl)c2c(OC)c3ccc4c(OC)c(O[Si](c5ccccc5)(c5ccccc5)C(C)(C)C)cc(O)c4c3c(O)c2c(=O)n1C. The Hall–Kier alpha value is -4.66. The highest BCUT2D eigenvalue weighted by Gasteiger charge is 2.52. The van der Waals surface area contributed by atoms with Crippen LogP contribution in [0.3, 0.4) is 0 Å². The van der Waals surface area contributed by atoms with Crippen molar-refractivity contribution in [1.82, 2.24) is 4.57 Å². The van der Waals surface area contributed by atoms with Gasteiger partial charge in [0.05, 0.1) is 30.0 Å². The molecular weight excluding hydrogens is 642 g/mol. The molecule has 5 aromatic carbocycles. The molecule has 0 atom stereocenters. The van der Waals surface area contributed by atoms with E-state index in [4.69, 9.17) is 25.5 Å². The molecule has 0 unspecified atom stereocenters. The van der Waals surface area contributed by atoms with E-state index in [-0.39, 0.29) is 27.3 Å². The Kier molecular flexibility index (Phi) is 8.60. The van der Waals surface area contributed by atoms with E-state index >= 15 is 0 Å². The largest absolute Gasteiger partial charge is 0.531 e. The van der Waals surface area contributed by atoms with Crippen molar-refractivity contribution < 1.29 is 24.1 Å². The van der Waals surface area contributed by atoms with Gasteiger partial charge in [-0.1, -0.05) is 106 Å². The van der Waals surface area contributed by atoms with Crippen LogP contribution < -0.4 is 29.8 Å². The van der Waals surface area contributed by atoms with Crippen LogP contribution in [0.1, 0.15) is 39.8 Å². The fourth-order valence-corrected chi connectivity index (χ4v) is 12.0. The number of phenolic OH excluding ortho intramolecular Hbond substituents is 2. The first-order chi connectivity index (χ1) is 22.9. The van der Waals surface area contributed by atoms with Crippen molar-refractivity contribution in [2.45, 2.75) is 45.6 Å². The van der Waals surface area contributed by atoms with Gasteiger partial charge in [-0.3, -0.25) is 4.79 Å². The predicted octanol–water partition coefficient (Wildman–Crippen LogP) is 7.82. The van der Waals surface area contributed by atoms with Crippen molar-refractivity contribution >= 4 is 62.6 Å². The van der Waals surface area contributed by atoms with Gasteiger partial charge in [-0.25, -0.2) is 0 Å². The van der Waals surface area contributed by atoms with Crippen LogP contribution in [-0.2, 0) is 13.5 Å². The number of nitrogens with zero attached hydrogens (tertiary/aromatic N) is 1. The number of halogens is 1. The zero-order chi connectivity index (χ0) is 34.5. The summed E-state index contributed by atoms with van der Waals surface area (Å²) in [6.07, 6.45) is 1.35. The topological polar surface area (TPSA) is 90.2 Å². The van der Waals surface area contributed by atoms with Gasteiger partial charge in [0.2, 0.25) is 0 Å². The molecule has 0 amide bonds. The molecule has 0 aliphatic rings. The predicted molar refractivity (Wildman–Crippen MR) is 198 cm³/mol. The van der Waals surface area contributed by atoms with E-state index in [1.807, 2.05) is 49.4 Å². The van der Waals surface area contributed by atoms with E-state index in [1.54, 1.807) is 26.3 Å². The molecule has 6 rings (SSSR count). The van der Waals surface area contributed by atoms with Crippen molar-refractivity contribution in [3.8, 4) is 28.7 Å². The van der Waals surface area contributed by atoms with Gasteiger partial charge in [0.15, 0.2) is 11.5 Å². The third kappa shape index (κ3) is 4.89. The van der Waals surface area contributed by atoms with Gasteiger partial charge in [-0.2, -0.15) is 0 Å². The molecule has 6 aromatic rings. The lowest BCUT2D eigenvalue weighted by atomic mass is 9.94. The van der Waals surface area contributed by atoms with Gasteiger partial charge in [0.1, 0.15) is 17.2 Å². The summed E-state index contributed by atoms with van der Waals surface area (Å²) in [5.41, 5.74) is 0.245. The lowest BCUT2D eigenvalue weighted by Gasteiger charge is -2.43. The van der Waals surface area contributed by atoms with Crippen LogP contribution >= 0.6 is 11.6 Å². The van der Waals surface area contributed by atoms with Crippen LogP contribution in [0, 0.1) is 0 Å². The summed E-state index contributed by atoms with van der Waals surface area (Å²) in [5, 5.41) is 27.8.